The summed E-state index contributed by atoms with van der Waals surface area (Å²) < 4.78 is 0. The summed E-state index contributed by atoms with van der Waals surface area (Å²) in [5, 5.41) is 0. The summed E-state index contributed by atoms with van der Waals surface area (Å²) >= 11 is 0. The quantitative estimate of drug-likeness (QED) is 0.911. The zero-order chi connectivity index (χ0) is 12.4. The number of rotatable bonds is 3. The lowest BCUT2D eigenvalue weighted by molar-refractivity contribution is 0.260. The standard InChI is InChI=1S/C15H24N2.ClH/c1-11(2)13-4-6-14(7-5-13)12(3)17-9-8-15(16)10-17;/h4-7,11-12,15H,8-10,16H2,1-3H3;1H. The van der Waals surface area contributed by atoms with E-state index < -0.39 is 0 Å². The smallest absolute Gasteiger partial charge is 0.0320 e. The molecule has 102 valence electrons. The van der Waals surface area contributed by atoms with Crippen LogP contribution in [0.15, 0.2) is 24.3 Å². The maximum Gasteiger partial charge on any atom is 0.0320 e. The Labute approximate surface area is 117 Å². The average molecular weight is 269 g/mol. The molecule has 0 radical (unpaired) electrons. The second-order valence-electron chi connectivity index (χ2n) is 5.54. The monoisotopic (exact) mass is 268 g/mol. The predicted molar refractivity (Wildman–Crippen MR) is 80.4 cm³/mol. The fourth-order valence-electron chi connectivity index (χ4n) is 2.54. The fraction of sp³-hybridized carbons (Fsp3) is 0.600. The molecule has 0 aromatic heterocycles. The van der Waals surface area contributed by atoms with Crippen molar-refractivity contribution in [1.82, 2.24) is 4.90 Å². The number of nitrogens with zero attached hydrogens (tertiary/aromatic N) is 1. The Morgan fingerprint density at radius 3 is 2.11 bits per heavy atom. The van der Waals surface area contributed by atoms with Gasteiger partial charge in [-0.15, -0.1) is 12.4 Å². The normalized spacial score (nSPS) is 21.9. The summed E-state index contributed by atoms with van der Waals surface area (Å²) in [5.41, 5.74) is 8.79. The minimum absolute atomic E-state index is 0. The van der Waals surface area contributed by atoms with E-state index in [0.717, 1.165) is 19.5 Å². The predicted octanol–water partition coefficient (Wildman–Crippen LogP) is 3.33. The van der Waals surface area contributed by atoms with Crippen molar-refractivity contribution in [3.8, 4) is 0 Å². The Morgan fingerprint density at radius 2 is 1.67 bits per heavy atom. The van der Waals surface area contributed by atoms with Gasteiger partial charge in [-0.3, -0.25) is 4.90 Å². The first-order chi connectivity index (χ1) is 8.08. The molecule has 2 atom stereocenters. The molecule has 2 N–H and O–H groups in total. The van der Waals surface area contributed by atoms with Crippen LogP contribution in [-0.2, 0) is 0 Å². The van der Waals surface area contributed by atoms with Crippen molar-refractivity contribution in [3.63, 3.8) is 0 Å². The number of halogens is 1. The van der Waals surface area contributed by atoms with Crippen LogP contribution in [0, 0.1) is 0 Å². The van der Waals surface area contributed by atoms with Gasteiger partial charge in [0.05, 0.1) is 0 Å². The molecule has 0 amide bonds. The van der Waals surface area contributed by atoms with Gasteiger partial charge < -0.3 is 5.73 Å². The zero-order valence-corrected chi connectivity index (χ0v) is 12.4. The first-order valence-corrected chi connectivity index (χ1v) is 6.67. The third kappa shape index (κ3) is 3.47. The average Bonchev–Trinajstić information content (AvgIpc) is 2.75. The van der Waals surface area contributed by atoms with Crippen LogP contribution < -0.4 is 5.73 Å². The number of hydrogen-bond acceptors (Lipinski definition) is 2. The topological polar surface area (TPSA) is 29.3 Å². The van der Waals surface area contributed by atoms with Crippen LogP contribution in [0.2, 0.25) is 0 Å². The minimum Gasteiger partial charge on any atom is -0.326 e. The Hall–Kier alpha value is -0.570. The van der Waals surface area contributed by atoms with Crippen molar-refractivity contribution in [1.29, 1.82) is 0 Å². The molecule has 1 saturated heterocycles. The van der Waals surface area contributed by atoms with Gasteiger partial charge in [0.1, 0.15) is 0 Å². The fourth-order valence-corrected chi connectivity index (χ4v) is 2.54. The SMILES string of the molecule is CC(C)c1ccc(C(C)N2CCC(N)C2)cc1.Cl. The van der Waals surface area contributed by atoms with E-state index in [2.05, 4.69) is 49.9 Å². The van der Waals surface area contributed by atoms with E-state index in [4.69, 9.17) is 5.73 Å². The van der Waals surface area contributed by atoms with Crippen LogP contribution >= 0.6 is 12.4 Å². The highest BCUT2D eigenvalue weighted by molar-refractivity contribution is 5.85. The Morgan fingerprint density at radius 1 is 1.11 bits per heavy atom. The molecule has 1 fully saturated rings. The Kier molecular flexibility index (Phi) is 5.64. The summed E-state index contributed by atoms with van der Waals surface area (Å²) in [5.74, 6) is 0.611. The third-order valence-corrected chi connectivity index (χ3v) is 3.89. The Bertz CT molecular complexity index is 361. The number of benzene rings is 1. The molecule has 1 aliphatic rings. The number of hydrogen-bond donors (Lipinski definition) is 1. The summed E-state index contributed by atoms with van der Waals surface area (Å²) in [6.45, 7) is 8.92. The molecule has 0 bridgehead atoms. The summed E-state index contributed by atoms with van der Waals surface area (Å²) in [4.78, 5) is 2.48. The second-order valence-corrected chi connectivity index (χ2v) is 5.54. The van der Waals surface area contributed by atoms with Gasteiger partial charge >= 0.3 is 0 Å². The van der Waals surface area contributed by atoms with Crippen LogP contribution in [0.25, 0.3) is 0 Å². The third-order valence-electron chi connectivity index (χ3n) is 3.89. The molecule has 1 aromatic rings. The van der Waals surface area contributed by atoms with Crippen LogP contribution in [0.4, 0.5) is 0 Å². The molecule has 18 heavy (non-hydrogen) atoms. The highest BCUT2D eigenvalue weighted by atomic mass is 35.5. The molecule has 1 aromatic carbocycles. The van der Waals surface area contributed by atoms with Crippen molar-refractivity contribution >= 4 is 12.4 Å². The molecule has 2 nitrogen and oxygen atoms in total. The van der Waals surface area contributed by atoms with E-state index in [1.807, 2.05) is 0 Å². The number of nitrogens with two attached hydrogens (primary N) is 1. The van der Waals surface area contributed by atoms with E-state index in [1.54, 1.807) is 0 Å². The van der Waals surface area contributed by atoms with Gasteiger partial charge in [0.25, 0.3) is 0 Å². The second kappa shape index (κ2) is 6.55. The lowest BCUT2D eigenvalue weighted by Crippen LogP contribution is -2.28. The van der Waals surface area contributed by atoms with E-state index in [0.29, 0.717) is 18.0 Å². The van der Waals surface area contributed by atoms with E-state index in [9.17, 15) is 0 Å². The first kappa shape index (κ1) is 15.5. The van der Waals surface area contributed by atoms with Gasteiger partial charge in [-0.2, -0.15) is 0 Å². The van der Waals surface area contributed by atoms with Crippen LogP contribution in [0.3, 0.4) is 0 Å². The van der Waals surface area contributed by atoms with Gasteiger partial charge in [-0.05, 0) is 30.4 Å². The molecule has 1 aliphatic heterocycles. The van der Waals surface area contributed by atoms with Crippen molar-refractivity contribution < 1.29 is 0 Å². The largest absolute Gasteiger partial charge is 0.326 e. The maximum atomic E-state index is 5.96. The van der Waals surface area contributed by atoms with Crippen LogP contribution in [0.1, 0.15) is 50.3 Å². The minimum atomic E-state index is 0. The molecular weight excluding hydrogens is 244 g/mol. The van der Waals surface area contributed by atoms with E-state index >= 15 is 0 Å². The van der Waals surface area contributed by atoms with Gasteiger partial charge in [-0.1, -0.05) is 38.1 Å². The lowest BCUT2D eigenvalue weighted by Gasteiger charge is -2.24. The van der Waals surface area contributed by atoms with Gasteiger partial charge in [-0.25, -0.2) is 0 Å². The molecule has 2 unspecified atom stereocenters. The van der Waals surface area contributed by atoms with Crippen molar-refractivity contribution in [2.75, 3.05) is 13.1 Å². The van der Waals surface area contributed by atoms with Crippen molar-refractivity contribution in [2.45, 2.75) is 45.2 Å². The summed E-state index contributed by atoms with van der Waals surface area (Å²) in [6.07, 6.45) is 1.13. The Balaban J connectivity index is 0.00000162. The van der Waals surface area contributed by atoms with E-state index in [-0.39, 0.29) is 12.4 Å². The highest BCUT2D eigenvalue weighted by Crippen LogP contribution is 2.25. The molecule has 0 aliphatic carbocycles. The molecule has 0 spiro atoms. The zero-order valence-electron chi connectivity index (χ0n) is 11.6. The van der Waals surface area contributed by atoms with Crippen molar-refractivity contribution in [3.05, 3.63) is 35.4 Å². The molecule has 0 saturated carbocycles. The molecule has 3 heteroatoms. The number of likely N-dealkylation sites (tertiary alicyclic amines) is 1. The van der Waals surface area contributed by atoms with Gasteiger partial charge in [0, 0.05) is 25.2 Å². The first-order valence-electron chi connectivity index (χ1n) is 6.67. The van der Waals surface area contributed by atoms with Gasteiger partial charge in [0.15, 0.2) is 0 Å². The molecule has 2 rings (SSSR count). The molecular formula is C15H25ClN2. The molecule has 1 heterocycles. The van der Waals surface area contributed by atoms with Crippen LogP contribution in [-0.4, -0.2) is 24.0 Å². The highest BCUT2D eigenvalue weighted by Gasteiger charge is 2.24. The lowest BCUT2D eigenvalue weighted by atomic mass is 9.99. The van der Waals surface area contributed by atoms with Crippen molar-refractivity contribution in [2.24, 2.45) is 5.73 Å². The van der Waals surface area contributed by atoms with E-state index in [1.165, 1.54) is 11.1 Å². The van der Waals surface area contributed by atoms with Crippen LogP contribution in [0.5, 0.6) is 0 Å². The van der Waals surface area contributed by atoms with Gasteiger partial charge in [0.2, 0.25) is 0 Å². The summed E-state index contributed by atoms with van der Waals surface area (Å²) in [7, 11) is 0. The maximum absolute atomic E-state index is 5.96. The summed E-state index contributed by atoms with van der Waals surface area (Å²) in [6, 6.07) is 9.91.